The first-order valence-corrected chi connectivity index (χ1v) is 12.8. The van der Waals surface area contributed by atoms with E-state index < -0.39 is 21.7 Å². The van der Waals surface area contributed by atoms with Gasteiger partial charge in [0.1, 0.15) is 0 Å². The van der Waals surface area contributed by atoms with Gasteiger partial charge >= 0.3 is 0 Å². The highest BCUT2D eigenvalue weighted by atomic mass is 79.9. The Bertz CT molecular complexity index is 877. The largest absolute Gasteiger partial charge is 0.370 e. The number of sulfonamides is 1. The fourth-order valence-corrected chi connectivity index (χ4v) is 4.34. The average Bonchev–Trinajstić information content (AvgIpc) is 2.70. The molecule has 0 atom stereocenters. The molecule has 0 aromatic heterocycles. The smallest absolute Gasteiger partial charge is 0.292 e. The van der Waals surface area contributed by atoms with Crippen LogP contribution in [-0.4, -0.2) is 44.9 Å². The van der Waals surface area contributed by atoms with Crippen LogP contribution in [0.4, 0.5) is 5.69 Å². The number of amides is 1. The summed E-state index contributed by atoms with van der Waals surface area (Å²) < 4.78 is 27.9. The topological polar surface area (TPSA) is 157 Å². The van der Waals surface area contributed by atoms with Gasteiger partial charge in [-0.15, -0.1) is 12.4 Å². The van der Waals surface area contributed by atoms with Crippen LogP contribution in [0.25, 0.3) is 0 Å². The molecule has 0 radical (unpaired) electrons. The van der Waals surface area contributed by atoms with Gasteiger partial charge in [0.2, 0.25) is 10.0 Å². The molecule has 0 saturated carbocycles. The lowest BCUT2D eigenvalue weighted by Gasteiger charge is -2.13. The number of hydrogen-bond donors (Lipinski definition) is 4. The van der Waals surface area contributed by atoms with Crippen LogP contribution in [-0.2, 0) is 14.8 Å². The van der Waals surface area contributed by atoms with E-state index in [0.29, 0.717) is 23.9 Å². The fraction of sp³-hybridized carbons (Fsp3) is 0.550. The number of Topliss-reactive ketones (excluding diaryl/α,β-unsaturated/α-hetero) is 1. The predicted octanol–water partition coefficient (Wildman–Crippen LogP) is 2.94. The molecule has 12 heteroatoms. The summed E-state index contributed by atoms with van der Waals surface area (Å²) in [6.07, 6.45) is 6.18. The third-order valence-corrected chi connectivity index (χ3v) is 6.23. The number of guanidine groups is 1. The standard InChI is InChI=1S/C20H32BrN5O4S.ClH/c1-2-3-4-5-6-7-13-31(29,30)26-17-10-9-15(21)14-16(17)18(27)19(28)24-11-8-12-25-20(22)23;/h9-10,14,26H,2-8,11-13H2,1H3,(H,24,28)(H4,22,23,25);1H. The minimum absolute atomic E-state index is 0. The van der Waals surface area contributed by atoms with E-state index in [-0.39, 0.29) is 41.9 Å². The first-order valence-electron chi connectivity index (χ1n) is 10.3. The summed E-state index contributed by atoms with van der Waals surface area (Å²) in [4.78, 5) is 28.6. The molecule has 0 bridgehead atoms. The van der Waals surface area contributed by atoms with E-state index in [4.69, 9.17) is 11.5 Å². The summed E-state index contributed by atoms with van der Waals surface area (Å²) in [5, 5.41) is 2.49. The van der Waals surface area contributed by atoms with Crippen LogP contribution in [0.3, 0.4) is 0 Å². The number of anilines is 1. The lowest BCUT2D eigenvalue weighted by atomic mass is 10.1. The molecule has 0 spiro atoms. The fourth-order valence-electron chi connectivity index (χ4n) is 2.78. The molecule has 182 valence electrons. The lowest BCUT2D eigenvalue weighted by Crippen LogP contribution is -2.33. The first kappa shape index (κ1) is 30.1. The van der Waals surface area contributed by atoms with E-state index in [1.165, 1.54) is 12.1 Å². The maximum atomic E-state index is 12.6. The van der Waals surface area contributed by atoms with Crippen molar-refractivity contribution in [3.63, 3.8) is 0 Å². The van der Waals surface area contributed by atoms with Gasteiger partial charge in [-0.2, -0.15) is 0 Å². The van der Waals surface area contributed by atoms with Gasteiger partial charge in [-0.3, -0.25) is 19.3 Å². The molecule has 0 fully saturated rings. The maximum absolute atomic E-state index is 12.6. The second kappa shape index (κ2) is 15.9. The second-order valence-electron chi connectivity index (χ2n) is 7.12. The highest BCUT2D eigenvalue weighted by Gasteiger charge is 2.22. The number of unbranched alkanes of at least 4 members (excludes halogenated alkanes) is 5. The Morgan fingerprint density at radius 1 is 1.06 bits per heavy atom. The summed E-state index contributed by atoms with van der Waals surface area (Å²) in [6, 6.07) is 4.48. The molecule has 6 N–H and O–H groups in total. The average molecular weight is 555 g/mol. The Morgan fingerprint density at radius 2 is 1.72 bits per heavy atom. The molecule has 32 heavy (non-hydrogen) atoms. The number of ketones is 1. The third-order valence-electron chi connectivity index (χ3n) is 4.38. The Morgan fingerprint density at radius 3 is 2.38 bits per heavy atom. The Kier molecular flexibility index (Phi) is 15.0. The number of nitrogens with one attached hydrogen (secondary N) is 2. The maximum Gasteiger partial charge on any atom is 0.292 e. The van der Waals surface area contributed by atoms with Crippen LogP contribution in [0.2, 0.25) is 0 Å². The number of aliphatic imine (C=N–C) groups is 1. The van der Waals surface area contributed by atoms with Crippen molar-refractivity contribution in [2.75, 3.05) is 23.6 Å². The number of benzene rings is 1. The van der Waals surface area contributed by atoms with Crippen LogP contribution >= 0.6 is 28.3 Å². The van der Waals surface area contributed by atoms with E-state index in [2.05, 4.69) is 37.9 Å². The number of hydrogen-bond acceptors (Lipinski definition) is 5. The van der Waals surface area contributed by atoms with Gasteiger partial charge in [0.25, 0.3) is 11.7 Å². The number of carbonyl (C=O) groups is 2. The number of nitrogens with two attached hydrogens (primary N) is 2. The highest BCUT2D eigenvalue weighted by molar-refractivity contribution is 9.10. The Balaban J connectivity index is 0.00000961. The van der Waals surface area contributed by atoms with E-state index in [9.17, 15) is 18.0 Å². The second-order valence-corrected chi connectivity index (χ2v) is 9.88. The molecule has 1 aromatic carbocycles. The van der Waals surface area contributed by atoms with Gasteiger partial charge in [-0.1, -0.05) is 55.0 Å². The van der Waals surface area contributed by atoms with Crippen LogP contribution < -0.4 is 21.5 Å². The highest BCUT2D eigenvalue weighted by Crippen LogP contribution is 2.23. The van der Waals surface area contributed by atoms with Crippen LogP contribution in [0.1, 0.15) is 62.2 Å². The van der Waals surface area contributed by atoms with Crippen molar-refractivity contribution in [3.05, 3.63) is 28.2 Å². The predicted molar refractivity (Wildman–Crippen MR) is 135 cm³/mol. The molecule has 0 aliphatic carbocycles. The number of rotatable bonds is 15. The molecule has 0 aliphatic rings. The summed E-state index contributed by atoms with van der Waals surface area (Å²) in [5.74, 6) is -1.76. The minimum Gasteiger partial charge on any atom is -0.370 e. The molecule has 1 rings (SSSR count). The van der Waals surface area contributed by atoms with Crippen molar-refractivity contribution in [1.29, 1.82) is 0 Å². The zero-order valence-electron chi connectivity index (χ0n) is 18.2. The van der Waals surface area contributed by atoms with Crippen molar-refractivity contribution >= 4 is 61.7 Å². The first-order chi connectivity index (χ1) is 14.7. The summed E-state index contributed by atoms with van der Waals surface area (Å²) in [5.41, 5.74) is 10.5. The SMILES string of the molecule is CCCCCCCCS(=O)(=O)Nc1ccc(Br)cc1C(=O)C(=O)NCCCN=C(N)N.Cl. The summed E-state index contributed by atoms with van der Waals surface area (Å²) in [7, 11) is -3.64. The molecule has 1 amide bonds. The minimum atomic E-state index is -3.64. The van der Waals surface area contributed by atoms with E-state index >= 15 is 0 Å². The molecule has 1 aromatic rings. The lowest BCUT2D eigenvalue weighted by molar-refractivity contribution is -0.117. The van der Waals surface area contributed by atoms with E-state index in [1.54, 1.807) is 6.07 Å². The van der Waals surface area contributed by atoms with Crippen molar-refractivity contribution in [2.45, 2.75) is 51.9 Å². The monoisotopic (exact) mass is 553 g/mol. The van der Waals surface area contributed by atoms with Gasteiger partial charge in [0, 0.05) is 17.6 Å². The zero-order valence-corrected chi connectivity index (χ0v) is 21.5. The molecule has 9 nitrogen and oxygen atoms in total. The summed E-state index contributed by atoms with van der Waals surface area (Å²) in [6.45, 7) is 2.64. The van der Waals surface area contributed by atoms with Crippen LogP contribution in [0, 0.1) is 0 Å². The van der Waals surface area contributed by atoms with E-state index in [0.717, 1.165) is 32.1 Å². The van der Waals surface area contributed by atoms with Gasteiger partial charge in [-0.25, -0.2) is 8.42 Å². The van der Waals surface area contributed by atoms with Crippen molar-refractivity contribution in [1.82, 2.24) is 5.32 Å². The normalized spacial score (nSPS) is 10.7. The summed E-state index contributed by atoms with van der Waals surface area (Å²) >= 11 is 3.25. The molecular weight excluding hydrogens is 522 g/mol. The van der Waals surface area contributed by atoms with E-state index in [1.807, 2.05) is 0 Å². The Labute approximate surface area is 204 Å². The van der Waals surface area contributed by atoms with Gasteiger partial charge in [-0.05, 0) is 31.0 Å². The van der Waals surface area contributed by atoms with Crippen molar-refractivity contribution in [3.8, 4) is 0 Å². The molecule has 0 unspecified atom stereocenters. The molecule has 0 aliphatic heterocycles. The molecular formula is C20H33BrClN5O4S. The number of carbonyl (C=O) groups excluding carboxylic acids is 2. The number of halogens is 2. The van der Waals surface area contributed by atoms with Gasteiger partial charge in [0.05, 0.1) is 17.0 Å². The van der Waals surface area contributed by atoms with Crippen LogP contribution in [0.5, 0.6) is 0 Å². The van der Waals surface area contributed by atoms with Crippen molar-refractivity contribution < 1.29 is 18.0 Å². The van der Waals surface area contributed by atoms with Gasteiger partial charge in [0.15, 0.2) is 5.96 Å². The van der Waals surface area contributed by atoms with Gasteiger partial charge < -0.3 is 16.8 Å². The Hall–Kier alpha value is -1.85. The molecule has 0 heterocycles. The number of nitrogens with zero attached hydrogens (tertiary/aromatic N) is 1. The van der Waals surface area contributed by atoms with Crippen LogP contribution in [0.15, 0.2) is 27.7 Å². The molecule has 0 saturated heterocycles. The zero-order chi connectivity index (χ0) is 23.3. The van der Waals surface area contributed by atoms with Crippen molar-refractivity contribution in [2.24, 2.45) is 16.5 Å². The quantitative estimate of drug-likeness (QED) is 0.0858. The third kappa shape index (κ3) is 12.3.